The van der Waals surface area contributed by atoms with Crippen LogP contribution >= 0.6 is 43.6 Å². The monoisotopic (exact) mass is 632 g/mol. The number of aliphatic imine (C=N–C) groups is 1. The van der Waals surface area contributed by atoms with Crippen molar-refractivity contribution in [2.45, 2.75) is 13.2 Å². The summed E-state index contributed by atoms with van der Waals surface area (Å²) in [7, 11) is 0. The number of nitrogens with zero attached hydrogens (tertiary/aromatic N) is 2. The van der Waals surface area contributed by atoms with E-state index in [-0.39, 0.29) is 5.91 Å². The summed E-state index contributed by atoms with van der Waals surface area (Å²) in [6.45, 7) is 0.921. The lowest BCUT2D eigenvalue weighted by Gasteiger charge is -2.15. The van der Waals surface area contributed by atoms with Crippen molar-refractivity contribution in [3.8, 4) is 5.75 Å². The molecule has 1 heterocycles. The van der Waals surface area contributed by atoms with Gasteiger partial charge in [0.15, 0.2) is 5.17 Å². The lowest BCUT2D eigenvalue weighted by atomic mass is 10.2. The van der Waals surface area contributed by atoms with E-state index < -0.39 is 0 Å². The predicted octanol–water partition coefficient (Wildman–Crippen LogP) is 8.59. The molecule has 0 aromatic heterocycles. The Balaban J connectivity index is 1.34. The number of hydrogen-bond donors (Lipinski definition) is 0. The molecule has 4 aromatic carbocycles. The second-order valence-electron chi connectivity index (χ2n) is 8.31. The summed E-state index contributed by atoms with van der Waals surface area (Å²) >= 11 is 8.44. The molecule has 5 rings (SSSR count). The summed E-state index contributed by atoms with van der Waals surface area (Å²) < 4.78 is 7.97. The smallest absolute Gasteiger partial charge is 0.267 e. The zero-order valence-electron chi connectivity index (χ0n) is 19.7. The molecule has 0 bridgehead atoms. The highest BCUT2D eigenvalue weighted by Crippen LogP contribution is 2.35. The van der Waals surface area contributed by atoms with E-state index in [1.807, 2.05) is 109 Å². The third kappa shape index (κ3) is 6.60. The number of hydrogen-bond acceptors (Lipinski definition) is 4. The van der Waals surface area contributed by atoms with Crippen molar-refractivity contribution in [3.63, 3.8) is 0 Å². The SMILES string of the molecule is O=C1/C(=C/c2ccc(OCc3ccc(Br)cc3Br)cc2)SC(=Nc2ccccc2)N1Cc1ccccc1. The molecule has 0 spiro atoms. The first-order valence-corrected chi connectivity index (χ1v) is 14.0. The van der Waals surface area contributed by atoms with E-state index in [0.29, 0.717) is 23.2 Å². The van der Waals surface area contributed by atoms with Gasteiger partial charge in [0, 0.05) is 14.5 Å². The van der Waals surface area contributed by atoms with Crippen molar-refractivity contribution < 1.29 is 9.53 Å². The number of amides is 1. The zero-order valence-corrected chi connectivity index (χ0v) is 23.7. The Morgan fingerprint density at radius 1 is 0.865 bits per heavy atom. The van der Waals surface area contributed by atoms with Gasteiger partial charge in [-0.1, -0.05) is 98.6 Å². The van der Waals surface area contributed by atoms with Crippen molar-refractivity contribution in [1.82, 2.24) is 4.90 Å². The standard InChI is InChI=1S/C30H22Br2N2O2S/c31-24-14-13-23(27(32)18-24)20-36-26-15-11-21(12-16-26)17-28-29(35)34(19-22-7-3-1-4-8-22)30(37-28)33-25-9-5-2-6-10-25/h1-18H,19-20H2/b28-17-,33-30?. The van der Waals surface area contributed by atoms with Crippen molar-refractivity contribution >= 4 is 66.5 Å². The van der Waals surface area contributed by atoms with Crippen LogP contribution in [0.3, 0.4) is 0 Å². The van der Waals surface area contributed by atoms with Gasteiger partial charge in [0.2, 0.25) is 0 Å². The molecule has 0 atom stereocenters. The molecule has 0 N–H and O–H groups in total. The number of amidine groups is 1. The number of ether oxygens (including phenoxy) is 1. The molecule has 0 unspecified atom stereocenters. The number of carbonyl (C=O) groups is 1. The molecule has 1 amide bonds. The Kier molecular flexibility index (Phi) is 8.24. The molecule has 37 heavy (non-hydrogen) atoms. The fraction of sp³-hybridized carbons (Fsp3) is 0.0667. The first-order chi connectivity index (χ1) is 18.0. The second-order valence-corrected chi connectivity index (χ2v) is 11.1. The molecule has 0 radical (unpaired) electrons. The quantitative estimate of drug-likeness (QED) is 0.191. The van der Waals surface area contributed by atoms with Gasteiger partial charge >= 0.3 is 0 Å². The van der Waals surface area contributed by atoms with Gasteiger partial charge < -0.3 is 4.74 Å². The van der Waals surface area contributed by atoms with Crippen LogP contribution in [0.25, 0.3) is 6.08 Å². The lowest BCUT2D eigenvalue weighted by Crippen LogP contribution is -2.28. The van der Waals surface area contributed by atoms with Crippen LogP contribution in [-0.4, -0.2) is 16.0 Å². The van der Waals surface area contributed by atoms with E-state index in [0.717, 1.165) is 37.1 Å². The van der Waals surface area contributed by atoms with Gasteiger partial charge in [-0.2, -0.15) is 0 Å². The normalized spacial score (nSPS) is 15.5. The number of carbonyl (C=O) groups excluding carboxylic acids is 1. The number of halogens is 2. The Morgan fingerprint density at radius 3 is 2.27 bits per heavy atom. The molecule has 1 aliphatic rings. The number of thioether (sulfide) groups is 1. The van der Waals surface area contributed by atoms with Crippen molar-refractivity contribution in [3.05, 3.63) is 134 Å². The molecule has 7 heteroatoms. The fourth-order valence-corrected chi connectivity index (χ4v) is 5.88. The third-order valence-electron chi connectivity index (χ3n) is 5.64. The zero-order chi connectivity index (χ0) is 25.6. The van der Waals surface area contributed by atoms with Gasteiger partial charge in [0.05, 0.1) is 17.1 Å². The topological polar surface area (TPSA) is 41.9 Å². The van der Waals surface area contributed by atoms with Crippen LogP contribution in [0, 0.1) is 0 Å². The summed E-state index contributed by atoms with van der Waals surface area (Å²) in [5.41, 5.74) is 3.85. The lowest BCUT2D eigenvalue weighted by molar-refractivity contribution is -0.122. The molecule has 1 fully saturated rings. The highest BCUT2D eigenvalue weighted by molar-refractivity contribution is 9.11. The van der Waals surface area contributed by atoms with Crippen LogP contribution in [0.2, 0.25) is 0 Å². The van der Waals surface area contributed by atoms with E-state index in [4.69, 9.17) is 9.73 Å². The molecular formula is C30H22Br2N2O2S. The van der Waals surface area contributed by atoms with E-state index in [1.165, 1.54) is 11.8 Å². The molecule has 4 nitrogen and oxygen atoms in total. The average Bonchev–Trinajstić information content (AvgIpc) is 3.19. The van der Waals surface area contributed by atoms with E-state index in [1.54, 1.807) is 4.90 Å². The Labute approximate surface area is 237 Å². The molecule has 184 valence electrons. The van der Waals surface area contributed by atoms with Gasteiger partial charge in [0.1, 0.15) is 12.4 Å². The summed E-state index contributed by atoms with van der Waals surface area (Å²) in [6.07, 6.45) is 1.91. The molecule has 1 saturated heterocycles. The summed E-state index contributed by atoms with van der Waals surface area (Å²) in [5, 5.41) is 0.673. The maximum atomic E-state index is 13.4. The van der Waals surface area contributed by atoms with Gasteiger partial charge in [-0.15, -0.1) is 0 Å². The number of para-hydroxylation sites is 1. The van der Waals surface area contributed by atoms with Gasteiger partial charge in [-0.05, 0) is 65.4 Å². The van der Waals surface area contributed by atoms with Crippen molar-refractivity contribution in [1.29, 1.82) is 0 Å². The van der Waals surface area contributed by atoms with Crippen molar-refractivity contribution in [2.24, 2.45) is 4.99 Å². The first-order valence-electron chi connectivity index (χ1n) is 11.6. The maximum Gasteiger partial charge on any atom is 0.267 e. The van der Waals surface area contributed by atoms with Crippen LogP contribution in [0.1, 0.15) is 16.7 Å². The third-order valence-corrected chi connectivity index (χ3v) is 7.88. The minimum absolute atomic E-state index is 0.0519. The minimum atomic E-state index is -0.0519. The highest BCUT2D eigenvalue weighted by Gasteiger charge is 2.33. The van der Waals surface area contributed by atoms with Crippen LogP contribution < -0.4 is 4.74 Å². The number of rotatable bonds is 7. The molecule has 0 saturated carbocycles. The Morgan fingerprint density at radius 2 is 1.57 bits per heavy atom. The maximum absolute atomic E-state index is 13.4. The second kappa shape index (κ2) is 11.9. The van der Waals surface area contributed by atoms with Crippen LogP contribution in [-0.2, 0) is 17.9 Å². The van der Waals surface area contributed by atoms with E-state index >= 15 is 0 Å². The van der Waals surface area contributed by atoms with Gasteiger partial charge in [-0.3, -0.25) is 9.69 Å². The van der Waals surface area contributed by atoms with Gasteiger partial charge in [0.25, 0.3) is 5.91 Å². The fourth-order valence-electron chi connectivity index (χ4n) is 3.72. The average molecular weight is 634 g/mol. The Bertz CT molecular complexity index is 1460. The van der Waals surface area contributed by atoms with Crippen LogP contribution in [0.5, 0.6) is 5.75 Å². The van der Waals surface area contributed by atoms with E-state index in [9.17, 15) is 4.79 Å². The summed E-state index contributed by atoms with van der Waals surface area (Å²) in [5.74, 6) is 0.711. The summed E-state index contributed by atoms with van der Waals surface area (Å²) in [6, 6.07) is 33.5. The largest absolute Gasteiger partial charge is 0.489 e. The number of benzene rings is 4. The van der Waals surface area contributed by atoms with Gasteiger partial charge in [-0.25, -0.2) is 4.99 Å². The van der Waals surface area contributed by atoms with E-state index in [2.05, 4.69) is 31.9 Å². The van der Waals surface area contributed by atoms with Crippen molar-refractivity contribution in [2.75, 3.05) is 0 Å². The molecular weight excluding hydrogens is 612 g/mol. The van der Waals surface area contributed by atoms with Crippen LogP contribution in [0.4, 0.5) is 5.69 Å². The molecule has 0 aliphatic carbocycles. The molecule has 1 aliphatic heterocycles. The summed E-state index contributed by atoms with van der Waals surface area (Å²) in [4.78, 5) is 20.6. The predicted molar refractivity (Wildman–Crippen MR) is 159 cm³/mol. The molecule has 4 aromatic rings. The first kappa shape index (κ1) is 25.5. The Hall–Kier alpha value is -3.13. The minimum Gasteiger partial charge on any atom is -0.489 e. The highest BCUT2D eigenvalue weighted by atomic mass is 79.9. The van der Waals surface area contributed by atoms with Crippen LogP contribution in [0.15, 0.2) is 122 Å².